The van der Waals surface area contributed by atoms with Gasteiger partial charge in [0.1, 0.15) is 12.1 Å². The van der Waals surface area contributed by atoms with Crippen molar-refractivity contribution in [3.63, 3.8) is 0 Å². The molecule has 0 radical (unpaired) electrons. The Morgan fingerprint density at radius 2 is 0.769 bits per heavy atom. The van der Waals surface area contributed by atoms with Crippen LogP contribution < -0.4 is 0 Å². The largest absolute Gasteiger partial charge is 0.458 e. The Morgan fingerprint density at radius 1 is 0.538 bits per heavy atom. The number of nitrogens with zero attached hydrogens (tertiary/aromatic N) is 2. The zero-order chi connectivity index (χ0) is 20.9. The third kappa shape index (κ3) is 2.89. The molecule has 14 heteroatoms. The van der Waals surface area contributed by atoms with E-state index in [0.717, 1.165) is 0 Å². The highest BCUT2D eigenvalue weighted by Crippen LogP contribution is 2.51. The minimum Gasteiger partial charge on any atom is -0.203 e. The quantitative estimate of drug-likeness (QED) is 0.655. The van der Waals surface area contributed by atoms with Crippen LogP contribution in [0.5, 0.6) is 0 Å². The van der Waals surface area contributed by atoms with Crippen molar-refractivity contribution in [1.29, 1.82) is 10.5 Å². The van der Waals surface area contributed by atoms with Crippen molar-refractivity contribution in [1.82, 2.24) is 0 Å². The molecule has 0 bridgehead atoms. The van der Waals surface area contributed by atoms with Crippen molar-refractivity contribution in [3.8, 4) is 12.1 Å². The van der Waals surface area contributed by atoms with Gasteiger partial charge in [-0.25, -0.2) is 8.78 Å². The number of alkyl halides is 10. The van der Waals surface area contributed by atoms with Gasteiger partial charge in [-0.3, -0.25) is 0 Å². The van der Waals surface area contributed by atoms with E-state index in [-0.39, 0.29) is 0 Å². The van der Waals surface area contributed by atoms with Crippen molar-refractivity contribution in [2.24, 2.45) is 0 Å². The fourth-order valence-corrected chi connectivity index (χ4v) is 1.79. The monoisotopic (exact) mass is 400 g/mol. The van der Waals surface area contributed by atoms with Crippen LogP contribution in [-0.2, 0) is 11.8 Å². The van der Waals surface area contributed by atoms with Crippen LogP contribution in [0.4, 0.5) is 52.7 Å². The molecule has 0 saturated heterocycles. The first-order valence-corrected chi connectivity index (χ1v) is 5.72. The highest BCUT2D eigenvalue weighted by molar-refractivity contribution is 5.58. The molecule has 1 aromatic rings. The summed E-state index contributed by atoms with van der Waals surface area (Å²) in [6.45, 7) is 0. The lowest BCUT2D eigenvalue weighted by molar-refractivity contribution is -0.292. The average molecular weight is 400 g/mol. The van der Waals surface area contributed by atoms with E-state index >= 15 is 0 Å². The van der Waals surface area contributed by atoms with Crippen LogP contribution in [0.15, 0.2) is 0 Å². The molecule has 0 amide bonds. The van der Waals surface area contributed by atoms with Gasteiger partial charge in [-0.05, 0) is 0 Å². The van der Waals surface area contributed by atoms with E-state index in [4.69, 9.17) is 10.5 Å². The minimum atomic E-state index is -6.69. The second-order valence-corrected chi connectivity index (χ2v) is 4.50. The fraction of sp³-hybridized carbons (Fsp3) is 0.333. The number of rotatable bonds is 2. The summed E-state index contributed by atoms with van der Waals surface area (Å²) >= 11 is 0. The lowest BCUT2D eigenvalue weighted by Gasteiger charge is -2.26. The first kappa shape index (κ1) is 21.4. The molecule has 0 aliphatic carbocycles. The molecule has 142 valence electrons. The van der Waals surface area contributed by atoms with Crippen LogP contribution in [0.3, 0.4) is 0 Å². The maximum atomic E-state index is 13.7. The maximum Gasteiger partial charge on any atom is 0.458 e. The van der Waals surface area contributed by atoms with E-state index in [1.165, 1.54) is 0 Å². The Bertz CT molecular complexity index is 750. The molecular formula is C12F12N2. The molecule has 0 heterocycles. The van der Waals surface area contributed by atoms with Crippen LogP contribution in [0.1, 0.15) is 22.3 Å². The zero-order valence-corrected chi connectivity index (χ0v) is 11.4. The number of hydrogen-bond donors (Lipinski definition) is 0. The van der Waals surface area contributed by atoms with Gasteiger partial charge in [0.25, 0.3) is 0 Å². The predicted molar refractivity (Wildman–Crippen MR) is 55.7 cm³/mol. The van der Waals surface area contributed by atoms with E-state index in [9.17, 15) is 52.7 Å². The summed E-state index contributed by atoms with van der Waals surface area (Å²) in [6.07, 6.45) is -13.4. The average Bonchev–Trinajstić information content (AvgIpc) is 2.45. The molecule has 0 aromatic heterocycles. The Hall–Kier alpha value is -2.64. The normalized spacial score (nSPS) is 13.3. The molecule has 1 aromatic carbocycles. The van der Waals surface area contributed by atoms with Crippen LogP contribution in [0.25, 0.3) is 0 Å². The standard InChI is InChI=1S/C12F12N2/c13-7-5(9(15,16)11(19,20)21)3(1-25)4(2-26)6(8(7)14)10(17,18)12(22,23)24. The third-order valence-corrected chi connectivity index (χ3v) is 2.95. The van der Waals surface area contributed by atoms with E-state index in [1.807, 2.05) is 0 Å². The fourth-order valence-electron chi connectivity index (χ4n) is 1.79. The molecular weight excluding hydrogens is 400 g/mol. The number of benzene rings is 1. The molecule has 0 aliphatic heterocycles. The lowest BCUT2D eigenvalue weighted by Crippen LogP contribution is -2.39. The van der Waals surface area contributed by atoms with Crippen LogP contribution in [-0.4, -0.2) is 12.4 Å². The Balaban J connectivity index is 4.19. The first-order valence-electron chi connectivity index (χ1n) is 5.72. The Kier molecular flexibility index (Phi) is 4.91. The number of nitriles is 2. The summed E-state index contributed by atoms with van der Waals surface area (Å²) < 4.78 is 155. The number of hydrogen-bond acceptors (Lipinski definition) is 2. The topological polar surface area (TPSA) is 47.6 Å². The van der Waals surface area contributed by atoms with E-state index in [1.54, 1.807) is 0 Å². The van der Waals surface area contributed by atoms with E-state index in [2.05, 4.69) is 0 Å². The van der Waals surface area contributed by atoms with Gasteiger partial charge in [0, 0.05) is 0 Å². The third-order valence-electron chi connectivity index (χ3n) is 2.95. The zero-order valence-electron chi connectivity index (χ0n) is 11.4. The molecule has 0 N–H and O–H groups in total. The minimum absolute atomic E-state index is 0.315. The summed E-state index contributed by atoms with van der Waals surface area (Å²) in [5, 5.41) is 17.1. The van der Waals surface area contributed by atoms with Gasteiger partial charge in [-0.2, -0.15) is 54.4 Å². The van der Waals surface area contributed by atoms with Gasteiger partial charge < -0.3 is 0 Å². The molecule has 0 atom stereocenters. The van der Waals surface area contributed by atoms with Gasteiger partial charge in [-0.15, -0.1) is 0 Å². The summed E-state index contributed by atoms with van der Waals surface area (Å²) in [6, 6.07) is 0.631. The highest BCUT2D eigenvalue weighted by atomic mass is 19.4. The summed E-state index contributed by atoms with van der Waals surface area (Å²) in [5.41, 5.74) is -11.4. The smallest absolute Gasteiger partial charge is 0.203 e. The van der Waals surface area contributed by atoms with E-state index < -0.39 is 58.1 Å². The van der Waals surface area contributed by atoms with Crippen molar-refractivity contribution in [2.75, 3.05) is 0 Å². The Labute approximate surface area is 134 Å². The summed E-state index contributed by atoms with van der Waals surface area (Å²) in [5.74, 6) is -19.7. The molecule has 0 aliphatic rings. The maximum absolute atomic E-state index is 13.7. The van der Waals surface area contributed by atoms with Gasteiger partial charge in [0.05, 0.1) is 22.3 Å². The van der Waals surface area contributed by atoms with Crippen LogP contribution >= 0.6 is 0 Å². The van der Waals surface area contributed by atoms with Gasteiger partial charge >= 0.3 is 24.2 Å². The van der Waals surface area contributed by atoms with Crippen molar-refractivity contribution >= 4 is 0 Å². The van der Waals surface area contributed by atoms with Crippen LogP contribution in [0.2, 0.25) is 0 Å². The summed E-state index contributed by atoms with van der Waals surface area (Å²) in [7, 11) is 0. The van der Waals surface area contributed by atoms with Crippen molar-refractivity contribution < 1.29 is 52.7 Å². The molecule has 0 fully saturated rings. The second-order valence-electron chi connectivity index (χ2n) is 4.50. The van der Waals surface area contributed by atoms with E-state index in [0.29, 0.717) is 12.1 Å². The molecule has 0 spiro atoms. The predicted octanol–water partition coefficient (Wildman–Crippen LogP) is 5.02. The molecule has 2 nitrogen and oxygen atoms in total. The SMILES string of the molecule is N#Cc1c(C#N)c(C(F)(F)C(F)(F)F)c(F)c(F)c1C(F)(F)C(F)(F)F. The molecule has 0 saturated carbocycles. The molecule has 26 heavy (non-hydrogen) atoms. The Morgan fingerprint density at radius 3 is 0.923 bits per heavy atom. The second kappa shape index (κ2) is 5.96. The van der Waals surface area contributed by atoms with Crippen molar-refractivity contribution in [2.45, 2.75) is 24.2 Å². The molecule has 0 unspecified atom stereocenters. The van der Waals surface area contributed by atoms with Gasteiger partial charge in [-0.1, -0.05) is 0 Å². The highest BCUT2D eigenvalue weighted by Gasteiger charge is 2.65. The van der Waals surface area contributed by atoms with Gasteiger partial charge in [0.15, 0.2) is 11.6 Å². The molecule has 1 rings (SSSR count). The van der Waals surface area contributed by atoms with Crippen LogP contribution in [0, 0.1) is 34.3 Å². The first-order chi connectivity index (χ1) is 11.5. The lowest BCUT2D eigenvalue weighted by atomic mass is 9.89. The number of halogens is 12. The summed E-state index contributed by atoms with van der Waals surface area (Å²) in [4.78, 5) is 0. The van der Waals surface area contributed by atoms with Crippen molar-refractivity contribution in [3.05, 3.63) is 33.9 Å². The van der Waals surface area contributed by atoms with Gasteiger partial charge in [0.2, 0.25) is 0 Å².